The Labute approximate surface area is 117 Å². The quantitative estimate of drug-likeness (QED) is 0.905. The molecule has 0 aliphatic carbocycles. The largest absolute Gasteiger partial charge is 0.313 e. The van der Waals surface area contributed by atoms with Crippen LogP contribution in [-0.2, 0) is 12.8 Å². The number of nitrogens with one attached hydrogen (secondary N) is 1. The van der Waals surface area contributed by atoms with Crippen molar-refractivity contribution in [1.82, 2.24) is 10.3 Å². The summed E-state index contributed by atoms with van der Waals surface area (Å²) in [6.07, 6.45) is 4.61. The van der Waals surface area contributed by atoms with Crippen LogP contribution >= 0.6 is 0 Å². The van der Waals surface area contributed by atoms with Crippen molar-refractivity contribution >= 4 is 0 Å². The Morgan fingerprint density at radius 2 is 1.90 bits per heavy atom. The van der Waals surface area contributed by atoms with Crippen molar-refractivity contribution in [3.8, 4) is 0 Å². The molecule has 0 spiro atoms. The topological polar surface area (TPSA) is 24.9 Å². The van der Waals surface area contributed by atoms with Crippen molar-refractivity contribution in [2.75, 3.05) is 7.05 Å². The summed E-state index contributed by atoms with van der Waals surface area (Å²) >= 11 is 0. The van der Waals surface area contributed by atoms with E-state index >= 15 is 0 Å². The molecule has 0 saturated heterocycles. The van der Waals surface area contributed by atoms with E-state index < -0.39 is 11.6 Å². The van der Waals surface area contributed by atoms with Crippen molar-refractivity contribution in [1.29, 1.82) is 0 Å². The Balaban J connectivity index is 2.34. The number of benzene rings is 1. The Morgan fingerprint density at radius 3 is 2.50 bits per heavy atom. The van der Waals surface area contributed by atoms with Gasteiger partial charge in [0.2, 0.25) is 0 Å². The Hall–Kier alpha value is -1.81. The smallest absolute Gasteiger partial charge is 0.129 e. The van der Waals surface area contributed by atoms with Gasteiger partial charge in [0.25, 0.3) is 0 Å². The zero-order chi connectivity index (χ0) is 14.5. The lowest BCUT2D eigenvalue weighted by Gasteiger charge is -2.20. The minimum Gasteiger partial charge on any atom is -0.313 e. The van der Waals surface area contributed by atoms with Crippen molar-refractivity contribution in [3.05, 3.63) is 65.0 Å². The molecule has 1 atom stereocenters. The maximum absolute atomic E-state index is 13.8. The van der Waals surface area contributed by atoms with Gasteiger partial charge in [-0.1, -0.05) is 13.0 Å². The summed E-state index contributed by atoms with van der Waals surface area (Å²) in [5, 5.41) is 3.13. The summed E-state index contributed by atoms with van der Waals surface area (Å²) in [6.45, 7) is 2.04. The molecule has 0 radical (unpaired) electrons. The van der Waals surface area contributed by atoms with Gasteiger partial charge >= 0.3 is 0 Å². The molecule has 2 aromatic rings. The van der Waals surface area contributed by atoms with Gasteiger partial charge in [0, 0.05) is 24.0 Å². The van der Waals surface area contributed by atoms with Gasteiger partial charge in [-0.05, 0) is 49.2 Å². The van der Waals surface area contributed by atoms with E-state index in [0.29, 0.717) is 0 Å². The van der Waals surface area contributed by atoms with Crippen LogP contribution in [0.3, 0.4) is 0 Å². The lowest BCUT2D eigenvalue weighted by atomic mass is 9.95. The lowest BCUT2D eigenvalue weighted by molar-refractivity contribution is 0.513. The standard InChI is InChI=1S/C16H18F2N2/c1-3-11-10-20-8-7-12(11)16(19-2)9-13-14(17)5-4-6-15(13)18/h4-8,10,16,19H,3,9H2,1-2H3. The molecule has 0 fully saturated rings. The zero-order valence-electron chi connectivity index (χ0n) is 11.7. The fraction of sp³-hybridized carbons (Fsp3) is 0.312. The summed E-state index contributed by atoms with van der Waals surface area (Å²) in [7, 11) is 1.79. The summed E-state index contributed by atoms with van der Waals surface area (Å²) in [4.78, 5) is 4.10. The van der Waals surface area contributed by atoms with Crippen LogP contribution < -0.4 is 5.32 Å². The van der Waals surface area contributed by atoms with Crippen molar-refractivity contribution < 1.29 is 8.78 Å². The van der Waals surface area contributed by atoms with E-state index in [1.54, 1.807) is 19.4 Å². The second-order valence-electron chi connectivity index (χ2n) is 4.67. The predicted octanol–water partition coefficient (Wildman–Crippen LogP) is 3.43. The molecule has 106 valence electrons. The summed E-state index contributed by atoms with van der Waals surface area (Å²) in [5.74, 6) is -1.00. The third kappa shape index (κ3) is 3.02. The van der Waals surface area contributed by atoms with E-state index in [0.717, 1.165) is 17.5 Å². The first-order valence-electron chi connectivity index (χ1n) is 6.70. The molecule has 1 N–H and O–H groups in total. The molecule has 2 rings (SSSR count). The second kappa shape index (κ2) is 6.57. The Kier molecular flexibility index (Phi) is 4.79. The van der Waals surface area contributed by atoms with Gasteiger partial charge in [0.05, 0.1) is 0 Å². The molecule has 4 heteroatoms. The maximum atomic E-state index is 13.8. The number of hydrogen-bond acceptors (Lipinski definition) is 2. The Morgan fingerprint density at radius 1 is 1.20 bits per heavy atom. The molecule has 1 aromatic carbocycles. The third-order valence-corrected chi connectivity index (χ3v) is 3.52. The van der Waals surface area contributed by atoms with Crippen molar-refractivity contribution in [2.24, 2.45) is 0 Å². The maximum Gasteiger partial charge on any atom is 0.129 e. The minimum atomic E-state index is -0.502. The Bertz CT molecular complexity index is 564. The molecule has 0 aliphatic heterocycles. The van der Waals surface area contributed by atoms with Gasteiger partial charge < -0.3 is 5.32 Å². The average molecular weight is 276 g/mol. The fourth-order valence-electron chi connectivity index (χ4n) is 2.37. The highest BCUT2D eigenvalue weighted by Crippen LogP contribution is 2.24. The average Bonchev–Trinajstić information content (AvgIpc) is 2.47. The molecular formula is C16H18F2N2. The number of pyridine rings is 1. The van der Waals surface area contributed by atoms with Crippen LogP contribution in [0.5, 0.6) is 0 Å². The van der Waals surface area contributed by atoms with Gasteiger partial charge in [-0.3, -0.25) is 4.98 Å². The molecule has 0 bridgehead atoms. The van der Waals surface area contributed by atoms with Crippen LogP contribution in [0.1, 0.15) is 29.7 Å². The molecule has 1 aromatic heterocycles. The van der Waals surface area contributed by atoms with Crippen LogP contribution in [0.15, 0.2) is 36.7 Å². The van der Waals surface area contributed by atoms with Crippen molar-refractivity contribution in [2.45, 2.75) is 25.8 Å². The zero-order valence-corrected chi connectivity index (χ0v) is 11.7. The molecule has 1 heterocycles. The van der Waals surface area contributed by atoms with E-state index in [1.807, 2.05) is 13.0 Å². The fourth-order valence-corrected chi connectivity index (χ4v) is 2.37. The first kappa shape index (κ1) is 14.6. The summed E-state index contributed by atoms with van der Waals surface area (Å²) in [5.41, 5.74) is 2.24. The van der Waals surface area contributed by atoms with E-state index in [1.165, 1.54) is 18.2 Å². The van der Waals surface area contributed by atoms with Crippen LogP contribution in [0.25, 0.3) is 0 Å². The number of aromatic nitrogens is 1. The SMILES string of the molecule is CCc1cnccc1C(Cc1c(F)cccc1F)NC. The van der Waals surface area contributed by atoms with Crippen LogP contribution in [0.2, 0.25) is 0 Å². The number of rotatable bonds is 5. The highest BCUT2D eigenvalue weighted by molar-refractivity contribution is 5.30. The van der Waals surface area contributed by atoms with E-state index in [-0.39, 0.29) is 18.0 Å². The number of nitrogens with zero attached hydrogens (tertiary/aromatic N) is 1. The van der Waals surface area contributed by atoms with Gasteiger partial charge in [0.15, 0.2) is 0 Å². The molecule has 20 heavy (non-hydrogen) atoms. The lowest BCUT2D eigenvalue weighted by Crippen LogP contribution is -2.21. The molecule has 1 unspecified atom stereocenters. The highest BCUT2D eigenvalue weighted by Gasteiger charge is 2.18. The van der Waals surface area contributed by atoms with Crippen LogP contribution in [-0.4, -0.2) is 12.0 Å². The summed E-state index contributed by atoms with van der Waals surface area (Å²) in [6, 6.07) is 5.72. The van der Waals surface area contributed by atoms with Gasteiger partial charge in [-0.15, -0.1) is 0 Å². The molecule has 2 nitrogen and oxygen atoms in total. The van der Waals surface area contributed by atoms with Gasteiger partial charge in [0.1, 0.15) is 11.6 Å². The normalized spacial score (nSPS) is 12.4. The molecule has 0 aliphatic rings. The van der Waals surface area contributed by atoms with Crippen LogP contribution in [0.4, 0.5) is 8.78 Å². The van der Waals surface area contributed by atoms with E-state index in [9.17, 15) is 8.78 Å². The van der Waals surface area contributed by atoms with Gasteiger partial charge in [-0.2, -0.15) is 0 Å². The number of likely N-dealkylation sites (N-methyl/N-ethyl adjacent to an activating group) is 1. The van der Waals surface area contributed by atoms with Gasteiger partial charge in [-0.25, -0.2) is 8.78 Å². The molecule has 0 saturated carbocycles. The number of hydrogen-bond donors (Lipinski definition) is 1. The minimum absolute atomic E-state index is 0.116. The number of halogens is 2. The van der Waals surface area contributed by atoms with E-state index in [4.69, 9.17) is 0 Å². The molecule has 0 amide bonds. The first-order valence-corrected chi connectivity index (χ1v) is 6.70. The van der Waals surface area contributed by atoms with Crippen molar-refractivity contribution in [3.63, 3.8) is 0 Å². The number of aryl methyl sites for hydroxylation is 1. The highest BCUT2D eigenvalue weighted by atomic mass is 19.1. The van der Waals surface area contributed by atoms with E-state index in [2.05, 4.69) is 10.3 Å². The monoisotopic (exact) mass is 276 g/mol. The predicted molar refractivity (Wildman–Crippen MR) is 75.5 cm³/mol. The first-order chi connectivity index (χ1) is 9.67. The third-order valence-electron chi connectivity index (χ3n) is 3.52. The summed E-state index contributed by atoms with van der Waals surface area (Å²) < 4.78 is 27.5. The molecular weight excluding hydrogens is 258 g/mol. The van der Waals surface area contributed by atoms with Crippen LogP contribution in [0, 0.1) is 11.6 Å². The second-order valence-corrected chi connectivity index (χ2v) is 4.67.